The number of likely N-dealkylation sites (tertiary alicyclic amines) is 1. The molecule has 1 aliphatic heterocycles. The van der Waals surface area contributed by atoms with Gasteiger partial charge in [-0.05, 0) is 32.4 Å². The predicted octanol–water partition coefficient (Wildman–Crippen LogP) is 1.77. The van der Waals surface area contributed by atoms with Crippen LogP contribution in [-0.2, 0) is 9.59 Å². The van der Waals surface area contributed by atoms with Gasteiger partial charge in [-0.2, -0.15) is 5.10 Å². The van der Waals surface area contributed by atoms with Crippen LogP contribution in [-0.4, -0.2) is 44.6 Å². The monoisotopic (exact) mass is 341 g/mol. The summed E-state index contributed by atoms with van der Waals surface area (Å²) in [5.74, 6) is 0.836. The van der Waals surface area contributed by atoms with E-state index in [9.17, 15) is 9.59 Å². The van der Waals surface area contributed by atoms with Crippen molar-refractivity contribution in [3.63, 3.8) is 0 Å². The van der Waals surface area contributed by atoms with E-state index in [2.05, 4.69) is 15.4 Å². The SMILES string of the molecule is Cc1c(C(C)NC(=O)CCN2CCCC2=O)cnn1-c1ccccn1. The number of nitrogens with one attached hydrogen (secondary N) is 1. The molecule has 1 atom stereocenters. The van der Waals surface area contributed by atoms with E-state index in [1.54, 1.807) is 22.0 Å². The molecule has 2 aromatic heterocycles. The average Bonchev–Trinajstić information content (AvgIpc) is 3.19. The van der Waals surface area contributed by atoms with E-state index >= 15 is 0 Å². The van der Waals surface area contributed by atoms with Crippen molar-refractivity contribution in [3.8, 4) is 5.82 Å². The fourth-order valence-electron chi connectivity index (χ4n) is 3.13. The molecule has 3 rings (SSSR count). The maximum absolute atomic E-state index is 12.2. The van der Waals surface area contributed by atoms with Gasteiger partial charge in [0.05, 0.1) is 12.2 Å². The van der Waals surface area contributed by atoms with E-state index in [0.717, 1.165) is 30.0 Å². The second-order valence-electron chi connectivity index (χ2n) is 6.31. The summed E-state index contributed by atoms with van der Waals surface area (Å²) in [7, 11) is 0. The Labute approximate surface area is 147 Å². The van der Waals surface area contributed by atoms with Gasteiger partial charge in [0.1, 0.15) is 0 Å². The maximum atomic E-state index is 12.2. The van der Waals surface area contributed by atoms with E-state index < -0.39 is 0 Å². The molecule has 2 amide bonds. The van der Waals surface area contributed by atoms with Gasteiger partial charge >= 0.3 is 0 Å². The third kappa shape index (κ3) is 3.87. The number of aromatic nitrogens is 3. The van der Waals surface area contributed by atoms with E-state index in [0.29, 0.717) is 19.4 Å². The summed E-state index contributed by atoms with van der Waals surface area (Å²) in [6.45, 7) is 5.15. The van der Waals surface area contributed by atoms with Crippen molar-refractivity contribution in [3.05, 3.63) is 41.9 Å². The summed E-state index contributed by atoms with van der Waals surface area (Å²) < 4.78 is 1.76. The zero-order chi connectivity index (χ0) is 17.8. The first-order valence-electron chi connectivity index (χ1n) is 8.59. The standard InChI is InChI=1S/C18H23N5O2/c1-13(21-17(24)8-11-22-10-5-7-18(22)25)15-12-20-23(14(15)2)16-6-3-4-9-19-16/h3-4,6,9,12-13H,5,7-8,10-11H2,1-2H3,(H,21,24). The summed E-state index contributed by atoms with van der Waals surface area (Å²) in [5, 5.41) is 7.37. The molecular weight excluding hydrogens is 318 g/mol. The lowest BCUT2D eigenvalue weighted by molar-refractivity contribution is -0.128. The zero-order valence-electron chi connectivity index (χ0n) is 14.6. The molecule has 132 valence electrons. The first-order valence-corrected chi connectivity index (χ1v) is 8.59. The minimum absolute atomic E-state index is 0.0582. The lowest BCUT2D eigenvalue weighted by Crippen LogP contribution is -2.32. The van der Waals surface area contributed by atoms with Crippen molar-refractivity contribution >= 4 is 11.8 Å². The smallest absolute Gasteiger partial charge is 0.222 e. The van der Waals surface area contributed by atoms with Gasteiger partial charge in [0.25, 0.3) is 0 Å². The van der Waals surface area contributed by atoms with E-state index in [4.69, 9.17) is 0 Å². The fraction of sp³-hybridized carbons (Fsp3) is 0.444. The molecule has 0 saturated carbocycles. The molecule has 1 aliphatic rings. The molecule has 0 aliphatic carbocycles. The number of carbonyl (C=O) groups excluding carboxylic acids is 2. The molecule has 1 fully saturated rings. The van der Waals surface area contributed by atoms with Gasteiger partial charge < -0.3 is 10.2 Å². The Morgan fingerprint density at radius 2 is 2.24 bits per heavy atom. The summed E-state index contributed by atoms with van der Waals surface area (Å²) in [6, 6.07) is 5.50. The highest BCUT2D eigenvalue weighted by Gasteiger charge is 2.21. The Morgan fingerprint density at radius 1 is 1.40 bits per heavy atom. The highest BCUT2D eigenvalue weighted by atomic mass is 16.2. The van der Waals surface area contributed by atoms with Crippen LogP contribution in [0, 0.1) is 6.92 Å². The molecule has 0 aromatic carbocycles. The number of carbonyl (C=O) groups is 2. The van der Waals surface area contributed by atoms with Crippen molar-refractivity contribution in [2.75, 3.05) is 13.1 Å². The Bertz CT molecular complexity index is 756. The molecular formula is C18H23N5O2. The highest BCUT2D eigenvalue weighted by molar-refractivity contribution is 5.80. The Morgan fingerprint density at radius 3 is 2.92 bits per heavy atom. The molecule has 7 nitrogen and oxygen atoms in total. The van der Waals surface area contributed by atoms with Crippen LogP contribution >= 0.6 is 0 Å². The molecule has 0 bridgehead atoms. The fourth-order valence-corrected chi connectivity index (χ4v) is 3.13. The van der Waals surface area contributed by atoms with Crippen LogP contribution in [0.25, 0.3) is 5.82 Å². The second-order valence-corrected chi connectivity index (χ2v) is 6.31. The number of pyridine rings is 1. The predicted molar refractivity (Wildman–Crippen MR) is 93.1 cm³/mol. The third-order valence-corrected chi connectivity index (χ3v) is 4.54. The molecule has 0 spiro atoms. The molecule has 25 heavy (non-hydrogen) atoms. The van der Waals surface area contributed by atoms with Crippen LogP contribution in [0.2, 0.25) is 0 Å². The number of amides is 2. The maximum Gasteiger partial charge on any atom is 0.222 e. The van der Waals surface area contributed by atoms with Crippen molar-refractivity contribution < 1.29 is 9.59 Å². The second kappa shape index (κ2) is 7.46. The highest BCUT2D eigenvalue weighted by Crippen LogP contribution is 2.19. The first-order chi connectivity index (χ1) is 12.1. The minimum atomic E-state index is -0.153. The normalized spacial score (nSPS) is 15.4. The van der Waals surface area contributed by atoms with E-state index in [-0.39, 0.29) is 17.9 Å². The lowest BCUT2D eigenvalue weighted by Gasteiger charge is -2.17. The molecule has 3 heterocycles. The minimum Gasteiger partial charge on any atom is -0.349 e. The first kappa shape index (κ1) is 17.1. The Hall–Kier alpha value is -2.70. The number of rotatable bonds is 6. The van der Waals surface area contributed by atoms with Crippen LogP contribution in [0.4, 0.5) is 0 Å². The summed E-state index contributed by atoms with van der Waals surface area (Å²) in [4.78, 5) is 29.8. The number of hydrogen-bond acceptors (Lipinski definition) is 4. The summed E-state index contributed by atoms with van der Waals surface area (Å²) >= 11 is 0. The molecule has 1 N–H and O–H groups in total. The van der Waals surface area contributed by atoms with Crippen LogP contribution in [0.1, 0.15) is 43.5 Å². The van der Waals surface area contributed by atoms with Gasteiger partial charge in [0, 0.05) is 43.4 Å². The van der Waals surface area contributed by atoms with Gasteiger partial charge in [-0.25, -0.2) is 9.67 Å². The zero-order valence-corrected chi connectivity index (χ0v) is 14.6. The number of hydrogen-bond donors (Lipinski definition) is 1. The van der Waals surface area contributed by atoms with E-state index in [1.165, 1.54) is 0 Å². The van der Waals surface area contributed by atoms with Gasteiger partial charge in [0.15, 0.2) is 5.82 Å². The molecule has 1 saturated heterocycles. The van der Waals surface area contributed by atoms with Crippen LogP contribution < -0.4 is 5.32 Å². The molecule has 1 unspecified atom stereocenters. The molecule has 0 radical (unpaired) electrons. The molecule has 2 aromatic rings. The van der Waals surface area contributed by atoms with Gasteiger partial charge in [0.2, 0.25) is 11.8 Å². The summed E-state index contributed by atoms with van der Waals surface area (Å²) in [5.41, 5.74) is 1.90. The van der Waals surface area contributed by atoms with Gasteiger partial charge in [-0.1, -0.05) is 6.07 Å². The van der Waals surface area contributed by atoms with Crippen molar-refractivity contribution in [1.82, 2.24) is 25.0 Å². The topological polar surface area (TPSA) is 80.1 Å². The third-order valence-electron chi connectivity index (χ3n) is 4.54. The summed E-state index contributed by atoms with van der Waals surface area (Å²) in [6.07, 6.45) is 5.30. The van der Waals surface area contributed by atoms with E-state index in [1.807, 2.05) is 32.0 Å². The van der Waals surface area contributed by atoms with Gasteiger partial charge in [-0.15, -0.1) is 0 Å². The van der Waals surface area contributed by atoms with Crippen molar-refractivity contribution in [1.29, 1.82) is 0 Å². The van der Waals surface area contributed by atoms with Gasteiger partial charge in [-0.3, -0.25) is 9.59 Å². The van der Waals surface area contributed by atoms with Crippen molar-refractivity contribution in [2.45, 2.75) is 39.2 Å². The quantitative estimate of drug-likeness (QED) is 0.868. The molecule has 7 heteroatoms. The van der Waals surface area contributed by atoms with Crippen LogP contribution in [0.5, 0.6) is 0 Å². The van der Waals surface area contributed by atoms with Crippen molar-refractivity contribution in [2.24, 2.45) is 0 Å². The largest absolute Gasteiger partial charge is 0.349 e. The number of nitrogens with zero attached hydrogens (tertiary/aromatic N) is 4. The Balaban J connectivity index is 1.59. The van der Waals surface area contributed by atoms with Crippen LogP contribution in [0.3, 0.4) is 0 Å². The Kier molecular flexibility index (Phi) is 5.11. The average molecular weight is 341 g/mol. The van der Waals surface area contributed by atoms with Crippen LogP contribution in [0.15, 0.2) is 30.6 Å². The lowest BCUT2D eigenvalue weighted by atomic mass is 10.1.